The van der Waals surface area contributed by atoms with Gasteiger partial charge in [0.05, 0.1) is 27.8 Å². The smallest absolute Gasteiger partial charge is 0.259 e. The van der Waals surface area contributed by atoms with Crippen molar-refractivity contribution in [3.63, 3.8) is 0 Å². The SMILES string of the molecule is FC(F)(F)c1cccc2c(-c3ccc(Cl)cc3)n(Cc3ccc(Cl)c(Cl)c3)nc12. The third kappa shape index (κ3) is 3.95. The molecule has 0 amide bonds. The zero-order chi connectivity index (χ0) is 20.8. The van der Waals surface area contributed by atoms with Gasteiger partial charge in [-0.25, -0.2) is 0 Å². The third-order valence-electron chi connectivity index (χ3n) is 4.51. The van der Waals surface area contributed by atoms with Crippen molar-refractivity contribution in [1.29, 1.82) is 0 Å². The molecule has 0 radical (unpaired) electrons. The Balaban J connectivity index is 1.95. The van der Waals surface area contributed by atoms with E-state index in [4.69, 9.17) is 34.8 Å². The highest BCUT2D eigenvalue weighted by atomic mass is 35.5. The lowest BCUT2D eigenvalue weighted by molar-refractivity contribution is -0.136. The predicted molar refractivity (Wildman–Crippen MR) is 111 cm³/mol. The number of hydrogen-bond donors (Lipinski definition) is 0. The summed E-state index contributed by atoms with van der Waals surface area (Å²) in [5, 5.41) is 6.02. The van der Waals surface area contributed by atoms with Gasteiger partial charge in [0, 0.05) is 16.0 Å². The maximum atomic E-state index is 13.5. The number of hydrogen-bond acceptors (Lipinski definition) is 1. The summed E-state index contributed by atoms with van der Waals surface area (Å²) >= 11 is 18.0. The molecule has 148 valence electrons. The molecule has 0 saturated heterocycles. The van der Waals surface area contributed by atoms with Gasteiger partial charge in [-0.1, -0.05) is 65.1 Å². The fraction of sp³-hybridized carbons (Fsp3) is 0.0952. The zero-order valence-corrected chi connectivity index (χ0v) is 16.9. The first-order chi connectivity index (χ1) is 13.7. The Kier molecular flexibility index (Phi) is 5.23. The molecule has 3 aromatic carbocycles. The van der Waals surface area contributed by atoms with Crippen molar-refractivity contribution in [2.75, 3.05) is 0 Å². The van der Waals surface area contributed by atoms with Crippen molar-refractivity contribution in [2.24, 2.45) is 0 Å². The quantitative estimate of drug-likeness (QED) is 0.309. The molecule has 2 nitrogen and oxygen atoms in total. The van der Waals surface area contributed by atoms with E-state index < -0.39 is 11.7 Å². The van der Waals surface area contributed by atoms with Crippen LogP contribution >= 0.6 is 34.8 Å². The van der Waals surface area contributed by atoms with E-state index in [1.807, 2.05) is 0 Å². The van der Waals surface area contributed by atoms with Gasteiger partial charge in [0.25, 0.3) is 0 Å². The first-order valence-corrected chi connectivity index (χ1v) is 9.64. The van der Waals surface area contributed by atoms with Crippen LogP contribution in [0.4, 0.5) is 13.2 Å². The maximum Gasteiger partial charge on any atom is 0.418 e. The van der Waals surface area contributed by atoms with Crippen LogP contribution in [0.3, 0.4) is 0 Å². The van der Waals surface area contributed by atoms with Crippen LogP contribution in [0.1, 0.15) is 11.1 Å². The molecule has 0 bridgehead atoms. The first-order valence-electron chi connectivity index (χ1n) is 8.50. The van der Waals surface area contributed by atoms with Gasteiger partial charge in [0.2, 0.25) is 0 Å². The number of alkyl halides is 3. The highest BCUT2D eigenvalue weighted by molar-refractivity contribution is 6.42. The lowest BCUT2D eigenvalue weighted by atomic mass is 10.0. The molecule has 0 fully saturated rings. The molecule has 0 N–H and O–H groups in total. The van der Waals surface area contributed by atoms with Crippen molar-refractivity contribution in [2.45, 2.75) is 12.7 Å². The monoisotopic (exact) mass is 454 g/mol. The van der Waals surface area contributed by atoms with Crippen molar-refractivity contribution < 1.29 is 13.2 Å². The molecule has 29 heavy (non-hydrogen) atoms. The molecular weight excluding hydrogens is 444 g/mol. The van der Waals surface area contributed by atoms with Crippen LogP contribution in [0.25, 0.3) is 22.2 Å². The van der Waals surface area contributed by atoms with Gasteiger partial charge in [-0.2, -0.15) is 18.3 Å². The molecule has 1 heterocycles. The molecule has 4 aromatic rings. The van der Waals surface area contributed by atoms with E-state index in [0.29, 0.717) is 31.7 Å². The van der Waals surface area contributed by atoms with Gasteiger partial charge in [-0.15, -0.1) is 0 Å². The minimum absolute atomic E-state index is 0.106. The minimum Gasteiger partial charge on any atom is -0.259 e. The molecule has 4 rings (SSSR count). The molecule has 1 aromatic heterocycles. The average Bonchev–Trinajstić information content (AvgIpc) is 3.02. The maximum absolute atomic E-state index is 13.5. The second-order valence-corrected chi connectivity index (χ2v) is 7.71. The second kappa shape index (κ2) is 7.56. The van der Waals surface area contributed by atoms with E-state index in [1.54, 1.807) is 53.2 Å². The van der Waals surface area contributed by atoms with Crippen LogP contribution in [0.5, 0.6) is 0 Å². The Morgan fingerprint density at radius 3 is 2.24 bits per heavy atom. The first kappa shape index (κ1) is 20.1. The molecule has 8 heteroatoms. The van der Waals surface area contributed by atoms with E-state index in [1.165, 1.54) is 6.07 Å². The molecule has 0 unspecified atom stereocenters. The Morgan fingerprint density at radius 1 is 0.862 bits per heavy atom. The van der Waals surface area contributed by atoms with Crippen LogP contribution < -0.4 is 0 Å². The number of halogens is 6. The molecule has 0 aliphatic carbocycles. The molecule has 0 aliphatic heterocycles. The molecule has 0 aliphatic rings. The van der Waals surface area contributed by atoms with Gasteiger partial charge in [0.1, 0.15) is 5.52 Å². The highest BCUT2D eigenvalue weighted by Crippen LogP contribution is 2.38. The van der Waals surface area contributed by atoms with Crippen LogP contribution in [0.2, 0.25) is 15.1 Å². The van der Waals surface area contributed by atoms with E-state index in [2.05, 4.69) is 5.10 Å². The zero-order valence-electron chi connectivity index (χ0n) is 14.6. The molecular formula is C21H12Cl3F3N2. The van der Waals surface area contributed by atoms with E-state index in [0.717, 1.165) is 11.6 Å². The van der Waals surface area contributed by atoms with Crippen molar-refractivity contribution >= 4 is 45.7 Å². The van der Waals surface area contributed by atoms with Gasteiger partial charge < -0.3 is 0 Å². The van der Waals surface area contributed by atoms with Gasteiger partial charge in [-0.3, -0.25) is 4.68 Å². The van der Waals surface area contributed by atoms with Gasteiger partial charge in [0.15, 0.2) is 0 Å². The topological polar surface area (TPSA) is 17.8 Å². The fourth-order valence-electron chi connectivity index (χ4n) is 3.22. The highest BCUT2D eigenvalue weighted by Gasteiger charge is 2.34. The van der Waals surface area contributed by atoms with Crippen LogP contribution in [-0.4, -0.2) is 9.78 Å². The summed E-state index contributed by atoms with van der Waals surface area (Å²) in [7, 11) is 0. The summed E-state index contributed by atoms with van der Waals surface area (Å²) < 4.78 is 42.2. The Hall–Kier alpha value is -2.21. The summed E-state index contributed by atoms with van der Waals surface area (Å²) in [6.07, 6.45) is -4.51. The Bertz CT molecular complexity index is 1200. The van der Waals surface area contributed by atoms with Crippen molar-refractivity contribution in [1.82, 2.24) is 9.78 Å². The minimum atomic E-state index is -4.51. The van der Waals surface area contributed by atoms with Crippen LogP contribution in [-0.2, 0) is 12.7 Å². The third-order valence-corrected chi connectivity index (χ3v) is 5.50. The normalized spacial score (nSPS) is 11.9. The number of rotatable bonds is 3. The summed E-state index contributed by atoms with van der Waals surface area (Å²) in [5.74, 6) is 0. The molecule has 0 saturated carbocycles. The summed E-state index contributed by atoms with van der Waals surface area (Å²) in [5.41, 5.74) is 1.14. The van der Waals surface area contributed by atoms with E-state index in [9.17, 15) is 13.2 Å². The molecule has 0 spiro atoms. The predicted octanol–water partition coefficient (Wildman–Crippen LogP) is 7.73. The second-order valence-electron chi connectivity index (χ2n) is 6.46. The number of nitrogens with zero attached hydrogens (tertiary/aromatic N) is 2. The number of aromatic nitrogens is 2. The van der Waals surface area contributed by atoms with Gasteiger partial charge >= 0.3 is 6.18 Å². The van der Waals surface area contributed by atoms with Crippen LogP contribution in [0, 0.1) is 0 Å². The van der Waals surface area contributed by atoms with Crippen LogP contribution in [0.15, 0.2) is 60.7 Å². The number of benzene rings is 3. The summed E-state index contributed by atoms with van der Waals surface area (Å²) in [6, 6.07) is 16.0. The lowest BCUT2D eigenvalue weighted by Crippen LogP contribution is -2.06. The average molecular weight is 456 g/mol. The summed E-state index contributed by atoms with van der Waals surface area (Å²) in [6.45, 7) is 0.223. The summed E-state index contributed by atoms with van der Waals surface area (Å²) in [4.78, 5) is 0. The lowest BCUT2D eigenvalue weighted by Gasteiger charge is -2.09. The Labute approximate surface area is 179 Å². The number of fused-ring (bicyclic) bond motifs is 1. The standard InChI is InChI=1S/C21H12Cl3F3N2/c22-14-7-5-13(6-8-14)20-15-2-1-3-16(21(25,26)27)19(15)28-29(20)11-12-4-9-17(23)18(24)10-12/h1-10H,11H2. The van der Waals surface area contributed by atoms with Crippen molar-refractivity contribution in [3.05, 3.63) is 86.9 Å². The van der Waals surface area contributed by atoms with E-state index in [-0.39, 0.29) is 12.1 Å². The van der Waals surface area contributed by atoms with Crippen molar-refractivity contribution in [3.8, 4) is 11.3 Å². The van der Waals surface area contributed by atoms with E-state index >= 15 is 0 Å². The Morgan fingerprint density at radius 2 is 1.59 bits per heavy atom. The largest absolute Gasteiger partial charge is 0.418 e. The molecule has 0 atom stereocenters. The fourth-order valence-corrected chi connectivity index (χ4v) is 3.67. The van der Waals surface area contributed by atoms with Gasteiger partial charge in [-0.05, 0) is 35.9 Å².